The molecule has 0 unspecified atom stereocenters. The molecular weight excluding hydrogens is 785 g/mol. The first kappa shape index (κ1) is 40.4. The first-order valence-corrected chi connectivity index (χ1v) is 23.0. The molecule has 3 N–H and O–H groups in total. The van der Waals surface area contributed by atoms with Crippen LogP contribution in [-0.4, -0.2) is 50.3 Å². The Hall–Kier alpha value is -6.34. The minimum Gasteiger partial charge on any atom is -0.507 e. The fourth-order valence-corrected chi connectivity index (χ4v) is 11.4. The van der Waals surface area contributed by atoms with Crippen molar-refractivity contribution in [1.29, 1.82) is 0 Å². The van der Waals surface area contributed by atoms with Crippen molar-refractivity contribution < 1.29 is 15.3 Å². The van der Waals surface area contributed by atoms with Crippen molar-refractivity contribution in [2.75, 3.05) is 13.1 Å². The van der Waals surface area contributed by atoms with E-state index in [9.17, 15) is 15.3 Å². The lowest BCUT2D eigenvalue weighted by Gasteiger charge is -2.41. The molecule has 2 aliphatic heterocycles. The van der Waals surface area contributed by atoms with Gasteiger partial charge in [0.2, 0.25) is 0 Å². The number of aliphatic hydroxyl groups is 2. The van der Waals surface area contributed by atoms with Crippen LogP contribution >= 0.6 is 0 Å². The summed E-state index contributed by atoms with van der Waals surface area (Å²) in [5.41, 5.74) is 3.66. The molecule has 64 heavy (non-hydrogen) atoms. The minimum atomic E-state index is -1.31. The largest absolute Gasteiger partial charge is 0.507 e. The Bertz CT molecular complexity index is 2830. The second-order valence-corrected chi connectivity index (χ2v) is 18.5. The van der Waals surface area contributed by atoms with Gasteiger partial charge in [-0.1, -0.05) is 163 Å². The molecule has 2 fully saturated rings. The van der Waals surface area contributed by atoms with E-state index >= 15 is 0 Å². The zero-order valence-electron chi connectivity index (χ0n) is 36.4. The van der Waals surface area contributed by atoms with Crippen LogP contribution in [0.5, 0.6) is 5.75 Å². The van der Waals surface area contributed by atoms with Crippen LogP contribution in [0.3, 0.4) is 0 Å². The van der Waals surface area contributed by atoms with Gasteiger partial charge in [-0.3, -0.25) is 9.80 Å². The van der Waals surface area contributed by atoms with Gasteiger partial charge in [0.15, 0.2) is 0 Å². The second-order valence-electron chi connectivity index (χ2n) is 18.5. The zero-order chi connectivity index (χ0) is 43.4. The third kappa shape index (κ3) is 7.04. The third-order valence-corrected chi connectivity index (χ3v) is 14.6. The molecule has 5 nitrogen and oxygen atoms in total. The Morgan fingerprint density at radius 2 is 0.719 bits per heavy atom. The molecule has 2 atom stereocenters. The molecule has 0 aromatic heterocycles. The summed E-state index contributed by atoms with van der Waals surface area (Å²) in [7, 11) is 0. The number of hydrogen-bond donors (Lipinski definition) is 3. The van der Waals surface area contributed by atoms with Crippen molar-refractivity contribution in [3.63, 3.8) is 0 Å². The van der Waals surface area contributed by atoms with Crippen LogP contribution < -0.4 is 0 Å². The first-order valence-electron chi connectivity index (χ1n) is 23.0. The van der Waals surface area contributed by atoms with Crippen molar-refractivity contribution in [2.45, 2.75) is 69.0 Å². The number of aromatic hydroxyl groups is 1. The van der Waals surface area contributed by atoms with Crippen molar-refractivity contribution in [1.82, 2.24) is 9.80 Å². The number of nitrogens with zero attached hydrogens (tertiary/aromatic N) is 2. The Kier molecular flexibility index (Phi) is 10.3. The normalized spacial score (nSPS) is 17.6. The van der Waals surface area contributed by atoms with Crippen molar-refractivity contribution >= 4 is 43.1 Å². The molecule has 9 aromatic carbocycles. The fourth-order valence-electron chi connectivity index (χ4n) is 11.4. The summed E-state index contributed by atoms with van der Waals surface area (Å²) in [6, 6.07) is 62.7. The molecule has 0 aliphatic carbocycles. The molecular formula is C59H54N2O3. The predicted molar refractivity (Wildman–Crippen MR) is 261 cm³/mol. The summed E-state index contributed by atoms with van der Waals surface area (Å²) in [6.45, 7) is 4.70. The monoisotopic (exact) mass is 838 g/mol. The number of benzene rings is 9. The van der Waals surface area contributed by atoms with E-state index in [-0.39, 0.29) is 12.1 Å². The lowest BCUT2D eigenvalue weighted by Crippen LogP contribution is -2.48. The summed E-state index contributed by atoms with van der Waals surface area (Å²) in [5.74, 6) is 0.293. The molecule has 2 saturated heterocycles. The van der Waals surface area contributed by atoms with Crippen LogP contribution in [0.4, 0.5) is 0 Å². The summed E-state index contributed by atoms with van der Waals surface area (Å²) in [5, 5.41) is 48.2. The molecule has 5 heteroatoms. The maximum absolute atomic E-state index is 13.5. The van der Waals surface area contributed by atoms with Crippen LogP contribution in [0, 0.1) is 6.92 Å². The quantitative estimate of drug-likeness (QED) is 0.128. The van der Waals surface area contributed by atoms with Gasteiger partial charge in [0, 0.05) is 36.3 Å². The van der Waals surface area contributed by atoms with Crippen LogP contribution in [0.1, 0.15) is 64.6 Å². The van der Waals surface area contributed by atoms with Gasteiger partial charge in [-0.15, -0.1) is 0 Å². The molecule has 11 rings (SSSR count). The molecule has 318 valence electrons. The van der Waals surface area contributed by atoms with Crippen LogP contribution in [0.2, 0.25) is 0 Å². The van der Waals surface area contributed by atoms with Crippen molar-refractivity contribution in [3.8, 4) is 5.75 Å². The van der Waals surface area contributed by atoms with Gasteiger partial charge in [0.25, 0.3) is 0 Å². The average Bonchev–Trinajstić information content (AvgIpc) is 4.02. The number of aryl methyl sites for hydroxylation is 1. The fraction of sp³-hybridized carbons (Fsp3) is 0.220. The van der Waals surface area contributed by atoms with E-state index in [1.807, 2.05) is 0 Å². The molecule has 0 spiro atoms. The van der Waals surface area contributed by atoms with E-state index in [4.69, 9.17) is 0 Å². The zero-order valence-corrected chi connectivity index (χ0v) is 36.4. The SMILES string of the molecule is Cc1cc(CN2CCC[C@H]2C(O)(c2ccc3ccccc3c2)c2ccc3ccccc3c2)c(O)c(CN2CCC[C@H]2C(O)(c2ccc3ccccc3c2)c2ccc3ccccc3c2)c1. The van der Waals surface area contributed by atoms with E-state index < -0.39 is 11.2 Å². The van der Waals surface area contributed by atoms with Gasteiger partial charge < -0.3 is 15.3 Å². The van der Waals surface area contributed by atoms with Gasteiger partial charge in [-0.2, -0.15) is 0 Å². The average molecular weight is 839 g/mol. The molecule has 9 aromatic rings. The van der Waals surface area contributed by atoms with Crippen LogP contribution in [0.15, 0.2) is 182 Å². The second kappa shape index (κ2) is 16.3. The van der Waals surface area contributed by atoms with Gasteiger partial charge in [0.1, 0.15) is 17.0 Å². The number of fused-ring (bicyclic) bond motifs is 4. The van der Waals surface area contributed by atoms with E-state index in [1.165, 1.54) is 0 Å². The van der Waals surface area contributed by atoms with Crippen LogP contribution in [-0.2, 0) is 24.3 Å². The van der Waals surface area contributed by atoms with E-state index in [1.54, 1.807) is 0 Å². The smallest absolute Gasteiger partial charge is 0.130 e. The number of rotatable bonds is 10. The Morgan fingerprint density at radius 3 is 1.03 bits per heavy atom. The molecule has 0 saturated carbocycles. The maximum atomic E-state index is 13.5. The lowest BCUT2D eigenvalue weighted by molar-refractivity contribution is -0.00715. The van der Waals surface area contributed by atoms with E-state index in [0.29, 0.717) is 18.8 Å². The summed E-state index contributed by atoms with van der Waals surface area (Å²) in [4.78, 5) is 4.78. The van der Waals surface area contributed by atoms with Gasteiger partial charge in [-0.05, 0) is 135 Å². The summed E-state index contributed by atoms with van der Waals surface area (Å²) in [6.07, 6.45) is 3.50. The highest BCUT2D eigenvalue weighted by Gasteiger charge is 2.47. The maximum Gasteiger partial charge on any atom is 0.130 e. The van der Waals surface area contributed by atoms with E-state index in [2.05, 4.69) is 199 Å². The molecule has 2 aliphatic rings. The Balaban J connectivity index is 0.946. The summed E-state index contributed by atoms with van der Waals surface area (Å²) < 4.78 is 0. The molecule has 2 heterocycles. The van der Waals surface area contributed by atoms with Crippen molar-refractivity contribution in [3.05, 3.63) is 221 Å². The number of likely N-dealkylation sites (tertiary alicyclic amines) is 2. The third-order valence-electron chi connectivity index (χ3n) is 14.6. The Morgan fingerprint density at radius 1 is 0.422 bits per heavy atom. The highest BCUT2D eigenvalue weighted by atomic mass is 16.3. The number of phenols is 1. The molecule has 0 amide bonds. The lowest BCUT2D eigenvalue weighted by atomic mass is 9.77. The topological polar surface area (TPSA) is 67.2 Å². The predicted octanol–water partition coefficient (Wildman–Crippen LogP) is 12.1. The molecule has 0 radical (unpaired) electrons. The summed E-state index contributed by atoms with van der Waals surface area (Å²) >= 11 is 0. The minimum absolute atomic E-state index is 0.236. The van der Waals surface area contributed by atoms with Gasteiger partial charge in [0.05, 0.1) is 0 Å². The highest BCUT2D eigenvalue weighted by Crippen LogP contribution is 2.46. The first-order chi connectivity index (χ1) is 31.3. The number of phenolic OH excluding ortho intramolecular Hbond substituents is 1. The standard InChI is InChI=1S/C59H54N2O3/c1-40-32-49(38-60-30-10-20-55(60)58(63,51-26-22-41-12-2-6-16-45(41)34-51)52-27-23-42-13-3-7-17-46(42)35-52)57(62)50(33-40)39-61-31-11-21-56(61)59(64,53-28-24-43-14-4-8-18-47(43)36-53)54-29-25-44-15-5-9-19-48(44)37-54/h2-9,12-19,22-29,32-37,55-56,62-64H,10-11,20-21,30-31,38-39H2,1H3/t55-,56-/m0/s1. The highest BCUT2D eigenvalue weighted by molar-refractivity contribution is 5.87. The van der Waals surface area contributed by atoms with Gasteiger partial charge in [-0.25, -0.2) is 0 Å². The number of hydrogen-bond acceptors (Lipinski definition) is 5. The van der Waals surface area contributed by atoms with Crippen LogP contribution in [0.25, 0.3) is 43.1 Å². The van der Waals surface area contributed by atoms with Gasteiger partial charge >= 0.3 is 0 Å². The van der Waals surface area contributed by atoms with E-state index in [0.717, 1.165) is 121 Å². The molecule has 0 bridgehead atoms. The van der Waals surface area contributed by atoms with Crippen molar-refractivity contribution in [2.24, 2.45) is 0 Å². The Labute approximate surface area is 375 Å².